The molecule has 0 saturated heterocycles. The molecule has 1 aliphatic rings. The van der Waals surface area contributed by atoms with Crippen molar-refractivity contribution in [1.82, 2.24) is 5.32 Å². The zero-order chi connectivity index (χ0) is 12.8. The quantitative estimate of drug-likeness (QED) is 0.684. The van der Waals surface area contributed by atoms with E-state index in [2.05, 4.69) is 12.2 Å². The summed E-state index contributed by atoms with van der Waals surface area (Å²) in [6, 6.07) is 0.250. The van der Waals surface area contributed by atoms with E-state index in [-0.39, 0.29) is 17.9 Å². The van der Waals surface area contributed by atoms with Gasteiger partial charge in [-0.3, -0.25) is 4.79 Å². The third kappa shape index (κ3) is 6.06. The molecule has 3 heteroatoms. The van der Waals surface area contributed by atoms with E-state index in [9.17, 15) is 4.79 Å². The number of nitrogens with two attached hydrogens (primary N) is 1. The lowest BCUT2D eigenvalue weighted by molar-refractivity contribution is -0.124. The first kappa shape index (κ1) is 14.5. The fourth-order valence-corrected chi connectivity index (χ4v) is 2.14. The van der Waals surface area contributed by atoms with Crippen LogP contribution in [0.15, 0.2) is 0 Å². The maximum Gasteiger partial charge on any atom is 0.222 e. The molecule has 3 nitrogen and oxygen atoms in total. The first-order valence-electron chi connectivity index (χ1n) is 7.04. The van der Waals surface area contributed by atoms with Gasteiger partial charge < -0.3 is 11.1 Å². The number of carbonyl (C=O) groups excluding carboxylic acids is 1. The Bertz CT molecular complexity index is 236. The summed E-state index contributed by atoms with van der Waals surface area (Å²) in [5.41, 5.74) is 5.69. The number of hydrogen-bond donors (Lipinski definition) is 2. The largest absolute Gasteiger partial charge is 0.356 e. The Morgan fingerprint density at radius 2 is 1.94 bits per heavy atom. The summed E-state index contributed by atoms with van der Waals surface area (Å²) in [5.74, 6) is 1.85. The Morgan fingerprint density at radius 3 is 2.47 bits per heavy atom. The van der Waals surface area contributed by atoms with Gasteiger partial charge in [-0.05, 0) is 44.4 Å². The zero-order valence-corrected chi connectivity index (χ0v) is 11.5. The summed E-state index contributed by atoms with van der Waals surface area (Å²) in [4.78, 5) is 11.8. The topological polar surface area (TPSA) is 55.1 Å². The minimum Gasteiger partial charge on any atom is -0.356 e. The van der Waals surface area contributed by atoms with Gasteiger partial charge in [-0.25, -0.2) is 0 Å². The molecule has 0 spiro atoms. The molecule has 1 fully saturated rings. The highest BCUT2D eigenvalue weighted by Crippen LogP contribution is 2.36. The van der Waals surface area contributed by atoms with Gasteiger partial charge in [-0.1, -0.05) is 20.3 Å². The Morgan fingerprint density at radius 1 is 1.29 bits per heavy atom. The average Bonchev–Trinajstić information content (AvgIpc) is 3.08. The van der Waals surface area contributed by atoms with Gasteiger partial charge in [0, 0.05) is 18.5 Å². The van der Waals surface area contributed by atoms with E-state index in [1.54, 1.807) is 0 Å². The minimum absolute atomic E-state index is 0.125. The summed E-state index contributed by atoms with van der Waals surface area (Å²) < 4.78 is 0. The van der Waals surface area contributed by atoms with Crippen LogP contribution >= 0.6 is 0 Å². The molecule has 1 amide bonds. The normalized spacial score (nSPS) is 20.7. The molecule has 100 valence electrons. The van der Waals surface area contributed by atoms with E-state index in [1.165, 1.54) is 12.8 Å². The predicted octanol–water partition coefficient (Wildman–Crippen LogP) is 2.30. The van der Waals surface area contributed by atoms with Crippen LogP contribution in [0.4, 0.5) is 0 Å². The number of nitrogens with one attached hydrogen (secondary N) is 1. The predicted molar refractivity (Wildman–Crippen MR) is 71.6 cm³/mol. The number of carbonyl (C=O) groups is 1. The number of amides is 1. The fraction of sp³-hybridized carbons (Fsp3) is 0.929. The molecule has 0 radical (unpaired) electrons. The van der Waals surface area contributed by atoms with Gasteiger partial charge in [-0.2, -0.15) is 0 Å². The van der Waals surface area contributed by atoms with E-state index in [0.717, 1.165) is 31.7 Å². The smallest absolute Gasteiger partial charge is 0.222 e. The monoisotopic (exact) mass is 240 g/mol. The van der Waals surface area contributed by atoms with Gasteiger partial charge in [0.1, 0.15) is 0 Å². The molecule has 0 aromatic rings. The van der Waals surface area contributed by atoms with E-state index in [4.69, 9.17) is 5.73 Å². The molecule has 1 aliphatic carbocycles. The molecular formula is C14H28N2O. The van der Waals surface area contributed by atoms with E-state index < -0.39 is 0 Å². The van der Waals surface area contributed by atoms with Crippen LogP contribution in [0.2, 0.25) is 0 Å². The summed E-state index contributed by atoms with van der Waals surface area (Å²) >= 11 is 0. The highest BCUT2D eigenvalue weighted by Gasteiger charge is 2.28. The van der Waals surface area contributed by atoms with Crippen molar-refractivity contribution in [1.29, 1.82) is 0 Å². The lowest BCUT2D eigenvalue weighted by atomic mass is 10.0. The molecule has 0 heterocycles. The van der Waals surface area contributed by atoms with Crippen LogP contribution in [0, 0.1) is 17.8 Å². The third-order valence-electron chi connectivity index (χ3n) is 3.77. The highest BCUT2D eigenvalue weighted by atomic mass is 16.1. The van der Waals surface area contributed by atoms with Gasteiger partial charge >= 0.3 is 0 Å². The maximum atomic E-state index is 11.8. The van der Waals surface area contributed by atoms with Crippen molar-refractivity contribution in [3.63, 3.8) is 0 Å². The van der Waals surface area contributed by atoms with Gasteiger partial charge in [0.25, 0.3) is 0 Å². The van der Waals surface area contributed by atoms with Crippen LogP contribution in [0.1, 0.15) is 52.9 Å². The Kier molecular flexibility index (Phi) is 5.96. The highest BCUT2D eigenvalue weighted by molar-refractivity contribution is 5.78. The standard InChI is InChI=1S/C14H28N2O/c1-10(5-4-6-12(3)15)14(17)16-9-11(2)13-7-8-13/h10-13H,4-9,15H2,1-3H3,(H,16,17). The van der Waals surface area contributed by atoms with E-state index in [1.807, 2.05) is 13.8 Å². The lowest BCUT2D eigenvalue weighted by Crippen LogP contribution is -2.33. The summed E-state index contributed by atoms with van der Waals surface area (Å²) in [5, 5.41) is 3.07. The van der Waals surface area contributed by atoms with Crippen molar-refractivity contribution >= 4 is 5.91 Å². The molecule has 0 aromatic heterocycles. The number of hydrogen-bond acceptors (Lipinski definition) is 2. The molecule has 0 aliphatic heterocycles. The van der Waals surface area contributed by atoms with E-state index >= 15 is 0 Å². The molecule has 3 N–H and O–H groups in total. The first-order valence-corrected chi connectivity index (χ1v) is 7.04. The summed E-state index contributed by atoms with van der Waals surface area (Å²) in [7, 11) is 0. The minimum atomic E-state index is 0.125. The van der Waals surface area contributed by atoms with Crippen molar-refractivity contribution in [2.45, 2.75) is 58.9 Å². The fourth-order valence-electron chi connectivity index (χ4n) is 2.14. The molecule has 0 bridgehead atoms. The SMILES string of the molecule is CC(N)CCCC(C)C(=O)NCC(C)C1CC1. The molecule has 17 heavy (non-hydrogen) atoms. The Labute approximate surface area is 106 Å². The second-order valence-corrected chi connectivity index (χ2v) is 5.87. The number of rotatable bonds is 8. The Balaban J connectivity index is 2.08. The van der Waals surface area contributed by atoms with Gasteiger partial charge in [0.2, 0.25) is 5.91 Å². The van der Waals surface area contributed by atoms with Crippen molar-refractivity contribution in [2.24, 2.45) is 23.5 Å². The van der Waals surface area contributed by atoms with Crippen molar-refractivity contribution in [3.8, 4) is 0 Å². The Hall–Kier alpha value is -0.570. The van der Waals surface area contributed by atoms with Crippen molar-refractivity contribution in [2.75, 3.05) is 6.54 Å². The van der Waals surface area contributed by atoms with Gasteiger partial charge in [-0.15, -0.1) is 0 Å². The molecule has 1 rings (SSSR count). The molecule has 3 unspecified atom stereocenters. The summed E-state index contributed by atoms with van der Waals surface area (Å²) in [6.07, 6.45) is 5.70. The second kappa shape index (κ2) is 7.00. The lowest BCUT2D eigenvalue weighted by Gasteiger charge is -2.15. The first-order chi connectivity index (χ1) is 8.00. The van der Waals surface area contributed by atoms with Gasteiger partial charge in [0.05, 0.1) is 0 Å². The van der Waals surface area contributed by atoms with Crippen LogP contribution in [0.3, 0.4) is 0 Å². The van der Waals surface area contributed by atoms with Crippen LogP contribution < -0.4 is 11.1 Å². The average molecular weight is 240 g/mol. The third-order valence-corrected chi connectivity index (χ3v) is 3.77. The second-order valence-electron chi connectivity index (χ2n) is 5.87. The van der Waals surface area contributed by atoms with E-state index in [0.29, 0.717) is 5.92 Å². The van der Waals surface area contributed by atoms with Crippen LogP contribution in [0.5, 0.6) is 0 Å². The van der Waals surface area contributed by atoms with Gasteiger partial charge in [0.15, 0.2) is 0 Å². The van der Waals surface area contributed by atoms with Crippen LogP contribution in [-0.2, 0) is 4.79 Å². The molecular weight excluding hydrogens is 212 g/mol. The zero-order valence-electron chi connectivity index (χ0n) is 11.5. The molecule has 0 aromatic carbocycles. The summed E-state index contributed by atoms with van der Waals surface area (Å²) in [6.45, 7) is 7.11. The van der Waals surface area contributed by atoms with Crippen molar-refractivity contribution in [3.05, 3.63) is 0 Å². The van der Waals surface area contributed by atoms with Crippen LogP contribution in [0.25, 0.3) is 0 Å². The van der Waals surface area contributed by atoms with Crippen LogP contribution in [-0.4, -0.2) is 18.5 Å². The molecule has 3 atom stereocenters. The maximum absolute atomic E-state index is 11.8. The van der Waals surface area contributed by atoms with Crippen molar-refractivity contribution < 1.29 is 4.79 Å². The molecule has 1 saturated carbocycles.